The summed E-state index contributed by atoms with van der Waals surface area (Å²) in [4.78, 5) is 39.8. The van der Waals surface area contributed by atoms with E-state index >= 15 is 0 Å². The minimum absolute atomic E-state index is 0.149. The highest BCUT2D eigenvalue weighted by atomic mass is 32.1. The number of aromatic nitrogens is 5. The lowest BCUT2D eigenvalue weighted by Gasteiger charge is -2.16. The van der Waals surface area contributed by atoms with Gasteiger partial charge in [0.2, 0.25) is 5.91 Å². The Hall–Kier alpha value is -3.83. The van der Waals surface area contributed by atoms with Gasteiger partial charge < -0.3 is 16.0 Å². The van der Waals surface area contributed by atoms with Crippen molar-refractivity contribution in [2.75, 3.05) is 13.1 Å². The van der Waals surface area contributed by atoms with E-state index in [1.807, 2.05) is 41.2 Å². The maximum atomic E-state index is 13.2. The maximum Gasteiger partial charge on any atom is 0.263 e. The summed E-state index contributed by atoms with van der Waals surface area (Å²) < 4.78 is 1.81. The minimum Gasteiger partial charge on any atom is -0.370 e. The third kappa shape index (κ3) is 7.18. The molecule has 11 heteroatoms. The Kier molecular flexibility index (Phi) is 8.79. The number of primary amides is 1. The van der Waals surface area contributed by atoms with E-state index in [4.69, 9.17) is 5.73 Å². The second-order valence-electron chi connectivity index (χ2n) is 9.87. The molecule has 1 aromatic carbocycles. The number of carbonyl (C=O) groups is 2. The molecule has 0 unspecified atom stereocenters. The van der Waals surface area contributed by atoms with Crippen molar-refractivity contribution in [2.45, 2.75) is 57.5 Å². The summed E-state index contributed by atoms with van der Waals surface area (Å²) in [5.41, 5.74) is 8.11. The molecular weight excluding hydrogens is 512 g/mol. The summed E-state index contributed by atoms with van der Waals surface area (Å²) in [6.07, 6.45) is 13.0. The van der Waals surface area contributed by atoms with Crippen molar-refractivity contribution in [1.29, 1.82) is 0 Å². The lowest BCUT2D eigenvalue weighted by molar-refractivity contribution is -0.118. The van der Waals surface area contributed by atoms with Gasteiger partial charge in [-0.3, -0.25) is 14.5 Å². The molecule has 1 aliphatic rings. The zero-order valence-electron chi connectivity index (χ0n) is 21.9. The number of aromatic amines is 1. The van der Waals surface area contributed by atoms with E-state index in [1.165, 1.54) is 24.2 Å². The fourth-order valence-corrected chi connectivity index (χ4v) is 5.69. The van der Waals surface area contributed by atoms with Crippen molar-refractivity contribution in [3.05, 3.63) is 70.8 Å². The van der Waals surface area contributed by atoms with Crippen LogP contribution in [0.5, 0.6) is 0 Å². The first-order valence-electron chi connectivity index (χ1n) is 13.5. The monoisotopic (exact) mass is 546 g/mol. The van der Waals surface area contributed by atoms with Crippen LogP contribution in [-0.4, -0.2) is 54.5 Å². The molecule has 5 rings (SSSR count). The molecule has 1 fully saturated rings. The Morgan fingerprint density at radius 2 is 1.90 bits per heavy atom. The molecule has 3 aromatic heterocycles. The van der Waals surface area contributed by atoms with E-state index in [0.29, 0.717) is 23.5 Å². The smallest absolute Gasteiger partial charge is 0.263 e. The van der Waals surface area contributed by atoms with Crippen molar-refractivity contribution in [3.63, 3.8) is 0 Å². The highest BCUT2D eigenvalue weighted by molar-refractivity contribution is 7.13. The molecule has 0 saturated carbocycles. The first kappa shape index (κ1) is 26.8. The Morgan fingerprint density at radius 3 is 2.64 bits per heavy atom. The SMILES string of the molecule is NC(=O)CCCCC[C@H](NC(=O)c1cnc(CN2CCCC2)s1)c1ncc(-c2ccc(-n3cccn3)cc2)[nH]1. The summed E-state index contributed by atoms with van der Waals surface area (Å²) in [7, 11) is 0. The Labute approximate surface area is 231 Å². The van der Waals surface area contributed by atoms with Crippen LogP contribution in [0.1, 0.15) is 71.5 Å². The normalized spacial score (nSPS) is 14.5. The molecule has 10 nitrogen and oxygen atoms in total. The summed E-state index contributed by atoms with van der Waals surface area (Å²) in [5, 5.41) is 8.40. The van der Waals surface area contributed by atoms with Gasteiger partial charge in [-0.1, -0.05) is 25.0 Å². The number of imidazole rings is 1. The van der Waals surface area contributed by atoms with Crippen LogP contribution in [0.4, 0.5) is 0 Å². The predicted molar refractivity (Wildman–Crippen MR) is 150 cm³/mol. The molecule has 204 valence electrons. The van der Waals surface area contributed by atoms with Gasteiger partial charge in [-0.2, -0.15) is 5.10 Å². The van der Waals surface area contributed by atoms with E-state index < -0.39 is 0 Å². The number of nitrogens with two attached hydrogens (primary N) is 1. The van der Waals surface area contributed by atoms with Gasteiger partial charge in [-0.05, 0) is 62.5 Å². The Balaban J connectivity index is 1.27. The molecule has 2 amide bonds. The fraction of sp³-hybridized carbons (Fsp3) is 0.393. The van der Waals surface area contributed by atoms with Crippen LogP contribution in [0.25, 0.3) is 16.9 Å². The lowest BCUT2D eigenvalue weighted by atomic mass is 10.1. The predicted octanol–water partition coefficient (Wildman–Crippen LogP) is 4.22. The van der Waals surface area contributed by atoms with Crippen molar-refractivity contribution in [3.8, 4) is 16.9 Å². The molecule has 0 bridgehead atoms. The van der Waals surface area contributed by atoms with Gasteiger partial charge in [-0.25, -0.2) is 14.6 Å². The number of amides is 2. The maximum absolute atomic E-state index is 13.2. The van der Waals surface area contributed by atoms with Gasteiger partial charge in [0, 0.05) is 18.8 Å². The summed E-state index contributed by atoms with van der Waals surface area (Å²) in [5.74, 6) is 0.263. The third-order valence-corrected chi connectivity index (χ3v) is 7.91. The van der Waals surface area contributed by atoms with Crippen LogP contribution in [-0.2, 0) is 11.3 Å². The van der Waals surface area contributed by atoms with Crippen molar-refractivity contribution in [1.82, 2.24) is 34.9 Å². The number of benzene rings is 1. The summed E-state index contributed by atoms with van der Waals surface area (Å²) in [6, 6.07) is 9.63. The number of nitrogens with one attached hydrogen (secondary N) is 2. The van der Waals surface area contributed by atoms with Gasteiger partial charge >= 0.3 is 0 Å². The number of hydrogen-bond acceptors (Lipinski definition) is 7. The van der Waals surface area contributed by atoms with Crippen LogP contribution in [0.15, 0.2) is 55.1 Å². The molecule has 39 heavy (non-hydrogen) atoms. The second-order valence-corrected chi connectivity index (χ2v) is 11.0. The first-order chi connectivity index (χ1) is 19.0. The minimum atomic E-state index is -0.299. The van der Waals surface area contributed by atoms with Crippen molar-refractivity contribution in [2.24, 2.45) is 5.73 Å². The topological polar surface area (TPSA) is 135 Å². The average Bonchev–Trinajstić information content (AvgIpc) is 3.75. The van der Waals surface area contributed by atoms with Gasteiger partial charge in [0.05, 0.1) is 36.4 Å². The largest absolute Gasteiger partial charge is 0.370 e. The van der Waals surface area contributed by atoms with Gasteiger partial charge in [0.1, 0.15) is 15.7 Å². The van der Waals surface area contributed by atoms with Gasteiger partial charge in [0.15, 0.2) is 0 Å². The molecule has 0 radical (unpaired) electrons. The highest BCUT2D eigenvalue weighted by Crippen LogP contribution is 2.25. The van der Waals surface area contributed by atoms with Gasteiger partial charge in [-0.15, -0.1) is 11.3 Å². The fourth-order valence-electron chi connectivity index (χ4n) is 4.83. The van der Waals surface area contributed by atoms with Crippen LogP contribution in [0.2, 0.25) is 0 Å². The van der Waals surface area contributed by atoms with Gasteiger partial charge in [0.25, 0.3) is 5.91 Å². The summed E-state index contributed by atoms with van der Waals surface area (Å²) in [6.45, 7) is 2.97. The first-order valence-corrected chi connectivity index (χ1v) is 14.3. The van der Waals surface area contributed by atoms with E-state index in [1.54, 1.807) is 18.6 Å². The molecule has 1 atom stereocenters. The lowest BCUT2D eigenvalue weighted by Crippen LogP contribution is -2.28. The molecule has 1 saturated heterocycles. The number of H-pyrrole nitrogens is 1. The zero-order chi connectivity index (χ0) is 27.0. The van der Waals surface area contributed by atoms with Crippen LogP contribution < -0.4 is 11.1 Å². The molecule has 4 heterocycles. The molecule has 0 spiro atoms. The number of rotatable bonds is 13. The number of thiazole rings is 1. The molecule has 0 aliphatic carbocycles. The quantitative estimate of drug-likeness (QED) is 0.215. The third-order valence-electron chi connectivity index (χ3n) is 6.93. The molecule has 1 aliphatic heterocycles. The summed E-state index contributed by atoms with van der Waals surface area (Å²) >= 11 is 1.45. The number of nitrogens with zero attached hydrogens (tertiary/aromatic N) is 5. The molecular formula is C28H34N8O2S. The van der Waals surface area contributed by atoms with Crippen molar-refractivity contribution >= 4 is 23.2 Å². The average molecular weight is 547 g/mol. The number of likely N-dealkylation sites (tertiary alicyclic amines) is 1. The van der Waals surface area contributed by atoms with Crippen LogP contribution in [0, 0.1) is 0 Å². The van der Waals surface area contributed by atoms with E-state index in [2.05, 4.69) is 30.3 Å². The van der Waals surface area contributed by atoms with Crippen LogP contribution >= 0.6 is 11.3 Å². The zero-order valence-corrected chi connectivity index (χ0v) is 22.7. The van der Waals surface area contributed by atoms with Crippen molar-refractivity contribution < 1.29 is 9.59 Å². The second kappa shape index (κ2) is 12.8. The Bertz CT molecular complexity index is 1360. The molecule has 4 aromatic rings. The van der Waals surface area contributed by atoms with Crippen LogP contribution in [0.3, 0.4) is 0 Å². The van der Waals surface area contributed by atoms with E-state index in [9.17, 15) is 9.59 Å². The Morgan fingerprint density at radius 1 is 1.08 bits per heavy atom. The van der Waals surface area contributed by atoms with E-state index in [-0.39, 0.29) is 17.9 Å². The van der Waals surface area contributed by atoms with E-state index in [0.717, 1.165) is 60.8 Å². The number of unbranched alkanes of at least 4 members (excludes halogenated alkanes) is 2. The standard InChI is InChI=1S/C28H34N8O2S/c29-25(37)8-3-1-2-7-22(34-28(38)24-18-30-26(39-24)19-35-14-4-5-15-35)27-31-17-23(33-27)20-9-11-21(12-10-20)36-16-6-13-32-36/h6,9-13,16-18,22H,1-5,7-8,14-15,19H2,(H2,29,37)(H,31,33)(H,34,38)/t22-/m0/s1. The number of hydrogen-bond donors (Lipinski definition) is 3. The number of carbonyl (C=O) groups excluding carboxylic acids is 2. The highest BCUT2D eigenvalue weighted by Gasteiger charge is 2.21. The molecule has 4 N–H and O–H groups in total.